The Morgan fingerprint density at radius 3 is 2.65 bits per heavy atom. The molecule has 1 aromatic carbocycles. The lowest BCUT2D eigenvalue weighted by Gasteiger charge is -2.13. The smallest absolute Gasteiger partial charge is 0.323 e. The van der Waals surface area contributed by atoms with Crippen molar-refractivity contribution in [2.24, 2.45) is 11.7 Å². The Bertz CT molecular complexity index is 379. The van der Waals surface area contributed by atoms with Crippen molar-refractivity contribution < 1.29 is 9.53 Å². The zero-order chi connectivity index (χ0) is 12.8. The first-order chi connectivity index (χ1) is 8.00. The molecule has 0 heterocycles. The van der Waals surface area contributed by atoms with Crippen molar-refractivity contribution in [3.63, 3.8) is 0 Å². The van der Waals surface area contributed by atoms with Crippen LogP contribution in [-0.2, 0) is 16.1 Å². The van der Waals surface area contributed by atoms with E-state index in [0.29, 0.717) is 17.4 Å². The van der Waals surface area contributed by atoms with Crippen molar-refractivity contribution in [3.05, 3.63) is 34.9 Å². The molecule has 0 aliphatic carbocycles. The monoisotopic (exact) mass is 255 g/mol. The highest BCUT2D eigenvalue weighted by Crippen LogP contribution is 2.16. The molecule has 0 aliphatic rings. The fourth-order valence-corrected chi connectivity index (χ4v) is 1.67. The summed E-state index contributed by atoms with van der Waals surface area (Å²) in [7, 11) is 0. The Morgan fingerprint density at radius 1 is 1.41 bits per heavy atom. The molecule has 1 rings (SSSR count). The molecule has 0 fully saturated rings. The van der Waals surface area contributed by atoms with Crippen LogP contribution in [-0.4, -0.2) is 12.0 Å². The minimum atomic E-state index is -0.558. The van der Waals surface area contributed by atoms with Gasteiger partial charge >= 0.3 is 5.97 Å². The van der Waals surface area contributed by atoms with E-state index in [1.54, 1.807) is 6.07 Å². The summed E-state index contributed by atoms with van der Waals surface area (Å²) >= 11 is 5.95. The molecule has 0 amide bonds. The molecule has 3 nitrogen and oxygen atoms in total. The van der Waals surface area contributed by atoms with Gasteiger partial charge in [-0.05, 0) is 18.4 Å². The normalized spacial score (nSPS) is 12.5. The van der Waals surface area contributed by atoms with Crippen molar-refractivity contribution in [3.8, 4) is 0 Å². The second-order valence-electron chi connectivity index (χ2n) is 4.44. The maximum Gasteiger partial charge on any atom is 0.323 e. The summed E-state index contributed by atoms with van der Waals surface area (Å²) in [5.74, 6) is -0.00326. The van der Waals surface area contributed by atoms with E-state index in [1.165, 1.54) is 0 Å². The lowest BCUT2D eigenvalue weighted by molar-refractivity contribution is -0.146. The van der Waals surface area contributed by atoms with Gasteiger partial charge in [-0.3, -0.25) is 4.79 Å². The van der Waals surface area contributed by atoms with Crippen molar-refractivity contribution in [1.29, 1.82) is 0 Å². The van der Waals surface area contributed by atoms with Gasteiger partial charge in [-0.1, -0.05) is 43.6 Å². The van der Waals surface area contributed by atoms with Gasteiger partial charge in [0, 0.05) is 10.6 Å². The van der Waals surface area contributed by atoms with E-state index in [9.17, 15) is 4.79 Å². The summed E-state index contributed by atoms with van der Waals surface area (Å²) in [5, 5.41) is 0.595. The van der Waals surface area contributed by atoms with Crippen molar-refractivity contribution in [2.75, 3.05) is 0 Å². The highest BCUT2D eigenvalue weighted by atomic mass is 35.5. The van der Waals surface area contributed by atoms with E-state index in [-0.39, 0.29) is 12.6 Å². The summed E-state index contributed by atoms with van der Waals surface area (Å²) in [6, 6.07) is 6.71. The summed E-state index contributed by atoms with van der Waals surface area (Å²) < 4.78 is 5.12. The number of nitrogens with two attached hydrogens (primary N) is 1. The Kier molecular flexibility index (Phi) is 5.45. The molecule has 1 unspecified atom stereocenters. The van der Waals surface area contributed by atoms with Gasteiger partial charge in [0.25, 0.3) is 0 Å². The molecule has 0 bridgehead atoms. The largest absolute Gasteiger partial charge is 0.460 e. The lowest BCUT2D eigenvalue weighted by Crippen LogP contribution is -2.33. The number of ether oxygens (including phenoxy) is 1. The van der Waals surface area contributed by atoms with Gasteiger partial charge in [0.2, 0.25) is 0 Å². The van der Waals surface area contributed by atoms with Crippen molar-refractivity contribution >= 4 is 17.6 Å². The number of benzene rings is 1. The van der Waals surface area contributed by atoms with E-state index in [4.69, 9.17) is 22.1 Å². The zero-order valence-electron chi connectivity index (χ0n) is 10.2. The minimum absolute atomic E-state index is 0.171. The molecule has 4 heteroatoms. The van der Waals surface area contributed by atoms with Crippen molar-refractivity contribution in [2.45, 2.75) is 32.9 Å². The maximum absolute atomic E-state index is 11.6. The molecule has 0 aliphatic heterocycles. The Hall–Kier alpha value is -1.06. The van der Waals surface area contributed by atoms with E-state index in [0.717, 1.165) is 5.56 Å². The third-order valence-electron chi connectivity index (χ3n) is 2.36. The first kappa shape index (κ1) is 14.0. The van der Waals surface area contributed by atoms with Gasteiger partial charge in [-0.2, -0.15) is 0 Å². The number of hydrogen-bond donors (Lipinski definition) is 1. The molecular weight excluding hydrogens is 238 g/mol. The maximum atomic E-state index is 11.6. The van der Waals surface area contributed by atoms with E-state index in [2.05, 4.69) is 0 Å². The average molecular weight is 256 g/mol. The standard InChI is InChI=1S/C13H18ClNO2/c1-9(2)7-12(15)13(16)17-8-10-5-3-4-6-11(10)14/h3-6,9,12H,7-8,15H2,1-2H3. The Balaban J connectivity index is 2.46. The van der Waals surface area contributed by atoms with Crippen LogP contribution in [0, 0.1) is 5.92 Å². The highest BCUT2D eigenvalue weighted by molar-refractivity contribution is 6.31. The van der Waals surface area contributed by atoms with E-state index < -0.39 is 6.04 Å². The van der Waals surface area contributed by atoms with Crippen LogP contribution < -0.4 is 5.73 Å². The predicted molar refractivity (Wildman–Crippen MR) is 68.7 cm³/mol. The van der Waals surface area contributed by atoms with Gasteiger partial charge < -0.3 is 10.5 Å². The molecule has 2 N–H and O–H groups in total. The number of esters is 1. The van der Waals surface area contributed by atoms with E-state index >= 15 is 0 Å². The summed E-state index contributed by atoms with van der Waals surface area (Å²) in [4.78, 5) is 11.6. The van der Waals surface area contributed by atoms with Crippen LogP contribution in [0.2, 0.25) is 5.02 Å². The molecule has 0 radical (unpaired) electrons. The minimum Gasteiger partial charge on any atom is -0.460 e. The van der Waals surface area contributed by atoms with Crippen LogP contribution in [0.3, 0.4) is 0 Å². The molecular formula is C13H18ClNO2. The predicted octanol–water partition coefficient (Wildman–Crippen LogP) is 2.76. The van der Waals surface area contributed by atoms with Gasteiger partial charge in [0.15, 0.2) is 0 Å². The van der Waals surface area contributed by atoms with Crippen LogP contribution in [0.5, 0.6) is 0 Å². The van der Waals surface area contributed by atoms with Gasteiger partial charge in [0.05, 0.1) is 0 Å². The third kappa shape index (κ3) is 4.75. The molecule has 94 valence electrons. The first-order valence-electron chi connectivity index (χ1n) is 5.66. The molecule has 0 saturated carbocycles. The highest BCUT2D eigenvalue weighted by Gasteiger charge is 2.16. The van der Waals surface area contributed by atoms with Crippen LogP contribution in [0.25, 0.3) is 0 Å². The molecule has 0 saturated heterocycles. The topological polar surface area (TPSA) is 52.3 Å². The molecule has 1 aromatic rings. The molecule has 17 heavy (non-hydrogen) atoms. The zero-order valence-corrected chi connectivity index (χ0v) is 10.9. The summed E-state index contributed by atoms with van der Waals surface area (Å²) in [6.45, 7) is 4.20. The second-order valence-corrected chi connectivity index (χ2v) is 4.84. The third-order valence-corrected chi connectivity index (χ3v) is 2.72. The number of hydrogen-bond acceptors (Lipinski definition) is 3. The van der Waals surface area contributed by atoms with Crippen molar-refractivity contribution in [1.82, 2.24) is 0 Å². The Morgan fingerprint density at radius 2 is 2.06 bits per heavy atom. The number of halogens is 1. The number of rotatable bonds is 5. The van der Waals surface area contributed by atoms with Crippen LogP contribution in [0.4, 0.5) is 0 Å². The van der Waals surface area contributed by atoms with Gasteiger partial charge in [-0.15, -0.1) is 0 Å². The molecule has 1 atom stereocenters. The fraction of sp³-hybridized carbons (Fsp3) is 0.462. The fourth-order valence-electron chi connectivity index (χ4n) is 1.48. The van der Waals surface area contributed by atoms with Gasteiger partial charge in [-0.25, -0.2) is 0 Å². The second kappa shape index (κ2) is 6.62. The summed E-state index contributed by atoms with van der Waals surface area (Å²) in [6.07, 6.45) is 0.626. The van der Waals surface area contributed by atoms with Gasteiger partial charge in [0.1, 0.15) is 12.6 Å². The summed E-state index contributed by atoms with van der Waals surface area (Å²) in [5.41, 5.74) is 6.50. The van der Waals surface area contributed by atoms with E-state index in [1.807, 2.05) is 32.0 Å². The van der Waals surface area contributed by atoms with Crippen LogP contribution in [0.15, 0.2) is 24.3 Å². The molecule has 0 spiro atoms. The van der Waals surface area contributed by atoms with Crippen LogP contribution in [0.1, 0.15) is 25.8 Å². The number of carbonyl (C=O) groups excluding carboxylic acids is 1. The molecule has 0 aromatic heterocycles. The Labute approximate surface area is 107 Å². The lowest BCUT2D eigenvalue weighted by atomic mass is 10.1. The van der Waals surface area contributed by atoms with Crippen LogP contribution >= 0.6 is 11.6 Å². The quantitative estimate of drug-likeness (QED) is 0.823. The first-order valence-corrected chi connectivity index (χ1v) is 6.04. The SMILES string of the molecule is CC(C)CC(N)C(=O)OCc1ccccc1Cl. The number of carbonyl (C=O) groups is 1. The average Bonchev–Trinajstić information content (AvgIpc) is 2.26.